The molecule has 0 radical (unpaired) electrons. The first kappa shape index (κ1) is 14.9. The molecule has 0 unspecified atom stereocenters. The maximum Gasteiger partial charge on any atom is 0.253 e. The Kier molecular flexibility index (Phi) is 5.09. The third-order valence-electron chi connectivity index (χ3n) is 3.72. The van der Waals surface area contributed by atoms with Gasteiger partial charge in [-0.25, -0.2) is 0 Å². The van der Waals surface area contributed by atoms with Crippen molar-refractivity contribution in [3.05, 3.63) is 35.4 Å². The maximum absolute atomic E-state index is 12.4. The highest BCUT2D eigenvalue weighted by molar-refractivity contribution is 7.80. The van der Waals surface area contributed by atoms with Crippen LogP contribution in [0.4, 0.5) is 0 Å². The van der Waals surface area contributed by atoms with Gasteiger partial charge in [0.05, 0.1) is 0 Å². The summed E-state index contributed by atoms with van der Waals surface area (Å²) in [6.07, 6.45) is 2.01. The van der Waals surface area contributed by atoms with Crippen molar-refractivity contribution < 1.29 is 9.53 Å². The number of carbonyl (C=O) groups is 1. The van der Waals surface area contributed by atoms with Crippen LogP contribution in [0, 0.1) is 5.92 Å². The number of piperidine rings is 1. The van der Waals surface area contributed by atoms with E-state index in [2.05, 4.69) is 0 Å². The van der Waals surface area contributed by atoms with Crippen LogP contribution in [-0.4, -0.2) is 42.6 Å². The zero-order valence-corrected chi connectivity index (χ0v) is 12.5. The summed E-state index contributed by atoms with van der Waals surface area (Å²) < 4.78 is 5.17. The lowest BCUT2D eigenvalue weighted by Gasteiger charge is -2.31. The second kappa shape index (κ2) is 6.81. The summed E-state index contributed by atoms with van der Waals surface area (Å²) >= 11 is 4.90. The van der Waals surface area contributed by atoms with Gasteiger partial charge in [0.1, 0.15) is 4.99 Å². The number of hydrogen-bond acceptors (Lipinski definition) is 3. The minimum absolute atomic E-state index is 0.0790. The zero-order valence-electron chi connectivity index (χ0n) is 11.7. The molecular formula is C15H20N2O2S. The fraction of sp³-hybridized carbons (Fsp3) is 0.467. The van der Waals surface area contributed by atoms with Crippen molar-refractivity contribution in [3.63, 3.8) is 0 Å². The summed E-state index contributed by atoms with van der Waals surface area (Å²) in [5.41, 5.74) is 7.03. The molecule has 1 heterocycles. The minimum atomic E-state index is 0.0790. The van der Waals surface area contributed by atoms with E-state index in [1.165, 1.54) is 0 Å². The summed E-state index contributed by atoms with van der Waals surface area (Å²) in [5.74, 6) is 0.649. The largest absolute Gasteiger partial charge is 0.389 e. The molecule has 0 atom stereocenters. The molecule has 1 saturated heterocycles. The van der Waals surface area contributed by atoms with Gasteiger partial charge in [0, 0.05) is 37.9 Å². The number of ether oxygens (including phenoxy) is 1. The molecule has 1 aromatic rings. The third-order valence-corrected chi connectivity index (χ3v) is 3.96. The Bertz CT molecular complexity index is 479. The van der Waals surface area contributed by atoms with Crippen LogP contribution in [0.3, 0.4) is 0 Å². The van der Waals surface area contributed by atoms with Crippen LogP contribution in [0.2, 0.25) is 0 Å². The number of amides is 1. The second-order valence-electron chi connectivity index (χ2n) is 5.13. The Morgan fingerprint density at radius 2 is 1.85 bits per heavy atom. The maximum atomic E-state index is 12.4. The van der Waals surface area contributed by atoms with Crippen LogP contribution in [0.5, 0.6) is 0 Å². The average Bonchev–Trinajstić information content (AvgIpc) is 2.48. The summed E-state index contributed by atoms with van der Waals surface area (Å²) in [7, 11) is 1.72. The smallest absolute Gasteiger partial charge is 0.253 e. The van der Waals surface area contributed by atoms with Gasteiger partial charge < -0.3 is 15.4 Å². The first-order chi connectivity index (χ1) is 9.61. The van der Waals surface area contributed by atoms with Gasteiger partial charge in [-0.2, -0.15) is 0 Å². The molecule has 2 N–H and O–H groups in total. The Morgan fingerprint density at radius 1 is 1.30 bits per heavy atom. The predicted octanol–water partition coefficient (Wildman–Crippen LogP) is 1.82. The second-order valence-corrected chi connectivity index (χ2v) is 5.57. The minimum Gasteiger partial charge on any atom is -0.389 e. The van der Waals surface area contributed by atoms with Crippen molar-refractivity contribution in [3.8, 4) is 0 Å². The number of rotatable bonds is 4. The third kappa shape index (κ3) is 3.55. The number of nitrogens with two attached hydrogens (primary N) is 1. The van der Waals surface area contributed by atoms with Gasteiger partial charge in [-0.3, -0.25) is 4.79 Å². The first-order valence-corrected chi connectivity index (χ1v) is 7.20. The van der Waals surface area contributed by atoms with E-state index in [1.807, 2.05) is 4.90 Å². The molecule has 1 aliphatic heterocycles. The number of benzene rings is 1. The fourth-order valence-electron chi connectivity index (χ4n) is 2.50. The summed E-state index contributed by atoms with van der Waals surface area (Å²) in [5, 5.41) is 0. The molecule has 1 amide bonds. The molecule has 2 rings (SSSR count). The van der Waals surface area contributed by atoms with E-state index < -0.39 is 0 Å². The molecule has 0 aromatic heterocycles. The first-order valence-electron chi connectivity index (χ1n) is 6.80. The molecule has 108 valence electrons. The lowest BCUT2D eigenvalue weighted by atomic mass is 9.97. The SMILES string of the molecule is COCC1CCN(C(=O)c2ccc(C(N)=S)cc2)CC1. The molecule has 20 heavy (non-hydrogen) atoms. The van der Waals surface area contributed by atoms with Gasteiger partial charge in [0.15, 0.2) is 0 Å². The number of carbonyl (C=O) groups excluding carboxylic acids is 1. The van der Waals surface area contributed by atoms with Gasteiger partial charge in [-0.1, -0.05) is 24.4 Å². The van der Waals surface area contributed by atoms with Crippen LogP contribution >= 0.6 is 12.2 Å². The highest BCUT2D eigenvalue weighted by Crippen LogP contribution is 2.19. The van der Waals surface area contributed by atoms with E-state index in [9.17, 15) is 4.79 Å². The van der Waals surface area contributed by atoms with Crippen molar-refractivity contribution in [1.82, 2.24) is 4.90 Å². The number of thiocarbonyl (C=S) groups is 1. The lowest BCUT2D eigenvalue weighted by Crippen LogP contribution is -2.39. The van der Waals surface area contributed by atoms with Gasteiger partial charge in [0.2, 0.25) is 0 Å². The van der Waals surface area contributed by atoms with Gasteiger partial charge >= 0.3 is 0 Å². The Hall–Kier alpha value is -1.46. The molecule has 5 heteroatoms. The Morgan fingerprint density at radius 3 is 2.35 bits per heavy atom. The van der Waals surface area contributed by atoms with Gasteiger partial charge in [-0.05, 0) is 30.9 Å². The van der Waals surface area contributed by atoms with Crippen molar-refractivity contribution in [2.24, 2.45) is 11.7 Å². The average molecular weight is 292 g/mol. The number of likely N-dealkylation sites (tertiary alicyclic amines) is 1. The number of hydrogen-bond donors (Lipinski definition) is 1. The molecular weight excluding hydrogens is 272 g/mol. The van der Waals surface area contributed by atoms with Crippen molar-refractivity contribution >= 4 is 23.1 Å². The summed E-state index contributed by atoms with van der Waals surface area (Å²) in [6, 6.07) is 7.18. The molecule has 1 aromatic carbocycles. The van der Waals surface area contributed by atoms with Gasteiger partial charge in [-0.15, -0.1) is 0 Å². The molecule has 0 aliphatic carbocycles. The standard InChI is InChI=1S/C15H20N2O2S/c1-19-10-11-6-8-17(9-7-11)15(18)13-4-2-12(3-5-13)14(16)20/h2-5,11H,6-10H2,1H3,(H2,16,20). The highest BCUT2D eigenvalue weighted by atomic mass is 32.1. The zero-order chi connectivity index (χ0) is 14.5. The monoisotopic (exact) mass is 292 g/mol. The van der Waals surface area contributed by atoms with Crippen molar-refractivity contribution in [2.75, 3.05) is 26.8 Å². The van der Waals surface area contributed by atoms with Crippen molar-refractivity contribution in [1.29, 1.82) is 0 Å². The fourth-order valence-corrected chi connectivity index (χ4v) is 2.63. The Balaban J connectivity index is 1.96. The van der Waals surface area contributed by atoms with Crippen LogP contribution in [-0.2, 0) is 4.74 Å². The summed E-state index contributed by atoms with van der Waals surface area (Å²) in [4.78, 5) is 14.6. The molecule has 0 spiro atoms. The van der Waals surface area contributed by atoms with E-state index >= 15 is 0 Å². The molecule has 0 saturated carbocycles. The van der Waals surface area contributed by atoms with E-state index in [0.29, 0.717) is 16.5 Å². The van der Waals surface area contributed by atoms with E-state index in [0.717, 1.165) is 38.1 Å². The molecule has 4 nitrogen and oxygen atoms in total. The predicted molar refractivity (Wildman–Crippen MR) is 82.8 cm³/mol. The molecule has 1 fully saturated rings. The highest BCUT2D eigenvalue weighted by Gasteiger charge is 2.23. The number of nitrogens with zero attached hydrogens (tertiary/aromatic N) is 1. The topological polar surface area (TPSA) is 55.6 Å². The van der Waals surface area contributed by atoms with Crippen LogP contribution < -0.4 is 5.73 Å². The van der Waals surface area contributed by atoms with Crippen LogP contribution in [0.1, 0.15) is 28.8 Å². The van der Waals surface area contributed by atoms with Gasteiger partial charge in [0.25, 0.3) is 5.91 Å². The quantitative estimate of drug-likeness (QED) is 0.860. The normalized spacial score (nSPS) is 16.1. The van der Waals surface area contributed by atoms with Crippen LogP contribution in [0.25, 0.3) is 0 Å². The molecule has 1 aliphatic rings. The summed E-state index contributed by atoms with van der Waals surface area (Å²) in [6.45, 7) is 2.37. The number of methoxy groups -OCH3 is 1. The van der Waals surface area contributed by atoms with Crippen molar-refractivity contribution in [2.45, 2.75) is 12.8 Å². The van der Waals surface area contributed by atoms with E-state index in [-0.39, 0.29) is 5.91 Å². The molecule has 0 bridgehead atoms. The Labute approximate surface area is 124 Å². The van der Waals surface area contributed by atoms with E-state index in [4.69, 9.17) is 22.7 Å². The lowest BCUT2D eigenvalue weighted by molar-refractivity contribution is 0.0613. The van der Waals surface area contributed by atoms with E-state index in [1.54, 1.807) is 31.4 Å². The van der Waals surface area contributed by atoms with Crippen LogP contribution in [0.15, 0.2) is 24.3 Å².